The summed E-state index contributed by atoms with van der Waals surface area (Å²) >= 11 is 12.2. The van der Waals surface area contributed by atoms with Crippen molar-refractivity contribution in [2.24, 2.45) is 0 Å². The Kier molecular flexibility index (Phi) is 6.40. The van der Waals surface area contributed by atoms with Gasteiger partial charge in [-0.25, -0.2) is 13.1 Å². The van der Waals surface area contributed by atoms with Gasteiger partial charge in [-0.05, 0) is 65.2 Å². The molecule has 0 unspecified atom stereocenters. The SMILES string of the molecule is C[C@H]1[C@H](NS(=O)(=O)c2ccc3ccccc3c2)CN1C(c1ccc(Cl)cc1)c1ccc(Cl)cc1. The van der Waals surface area contributed by atoms with Crippen LogP contribution in [-0.4, -0.2) is 31.9 Å². The highest BCUT2D eigenvalue weighted by Crippen LogP contribution is 2.37. The summed E-state index contributed by atoms with van der Waals surface area (Å²) in [6, 6.07) is 28.3. The molecule has 4 aromatic carbocycles. The molecule has 34 heavy (non-hydrogen) atoms. The minimum absolute atomic E-state index is 0.00779. The maximum Gasteiger partial charge on any atom is 0.240 e. The van der Waals surface area contributed by atoms with Crippen LogP contribution in [-0.2, 0) is 10.0 Å². The lowest BCUT2D eigenvalue weighted by Crippen LogP contribution is -2.66. The average Bonchev–Trinajstić information content (AvgIpc) is 2.84. The molecule has 0 bridgehead atoms. The van der Waals surface area contributed by atoms with Gasteiger partial charge in [0.1, 0.15) is 0 Å². The van der Waals surface area contributed by atoms with Crippen LogP contribution in [0.2, 0.25) is 10.0 Å². The first-order valence-corrected chi connectivity index (χ1v) is 13.3. The van der Waals surface area contributed by atoms with Gasteiger partial charge in [-0.3, -0.25) is 4.90 Å². The van der Waals surface area contributed by atoms with E-state index in [1.807, 2.05) is 78.9 Å². The van der Waals surface area contributed by atoms with Crippen LogP contribution in [0.3, 0.4) is 0 Å². The number of nitrogens with zero attached hydrogens (tertiary/aromatic N) is 1. The Labute approximate surface area is 210 Å². The Morgan fingerprint density at radius 1 is 0.824 bits per heavy atom. The first kappa shape index (κ1) is 23.3. The van der Waals surface area contributed by atoms with Crippen molar-refractivity contribution in [2.75, 3.05) is 6.54 Å². The number of hydrogen-bond acceptors (Lipinski definition) is 3. The molecule has 1 fully saturated rings. The van der Waals surface area contributed by atoms with E-state index in [0.29, 0.717) is 16.6 Å². The molecule has 0 saturated carbocycles. The number of nitrogens with one attached hydrogen (secondary N) is 1. The summed E-state index contributed by atoms with van der Waals surface area (Å²) in [6.07, 6.45) is 0. The lowest BCUT2D eigenvalue weighted by molar-refractivity contribution is 0.0370. The van der Waals surface area contributed by atoms with Gasteiger partial charge >= 0.3 is 0 Å². The predicted octanol–water partition coefficient (Wildman–Crippen LogP) is 6.29. The first-order chi connectivity index (χ1) is 16.3. The molecule has 7 heteroatoms. The van der Waals surface area contributed by atoms with E-state index in [1.54, 1.807) is 12.1 Å². The highest BCUT2D eigenvalue weighted by molar-refractivity contribution is 7.89. The highest BCUT2D eigenvalue weighted by Gasteiger charge is 2.42. The third kappa shape index (κ3) is 4.59. The van der Waals surface area contributed by atoms with Gasteiger partial charge in [0.25, 0.3) is 0 Å². The molecule has 0 aliphatic carbocycles. The fraction of sp³-hybridized carbons (Fsp3) is 0.185. The molecule has 4 aromatic rings. The van der Waals surface area contributed by atoms with Gasteiger partial charge in [0.05, 0.1) is 17.0 Å². The molecule has 1 N–H and O–H groups in total. The van der Waals surface area contributed by atoms with Crippen LogP contribution in [0.4, 0.5) is 0 Å². The van der Waals surface area contributed by atoms with Gasteiger partial charge < -0.3 is 0 Å². The Morgan fingerprint density at radius 3 is 1.94 bits per heavy atom. The van der Waals surface area contributed by atoms with E-state index in [9.17, 15) is 8.42 Å². The third-order valence-electron chi connectivity index (χ3n) is 6.55. The van der Waals surface area contributed by atoms with Crippen LogP contribution in [0.15, 0.2) is 95.9 Å². The summed E-state index contributed by atoms with van der Waals surface area (Å²) in [5.74, 6) is 0. The number of hydrogen-bond donors (Lipinski definition) is 1. The minimum atomic E-state index is -3.65. The van der Waals surface area contributed by atoms with Gasteiger partial charge in [0, 0.05) is 22.6 Å². The average molecular weight is 511 g/mol. The molecule has 2 atom stereocenters. The summed E-state index contributed by atoms with van der Waals surface area (Å²) in [6.45, 7) is 2.64. The van der Waals surface area contributed by atoms with Crippen molar-refractivity contribution in [1.29, 1.82) is 0 Å². The molecule has 1 saturated heterocycles. The van der Waals surface area contributed by atoms with Gasteiger partial charge in [0.2, 0.25) is 10.0 Å². The topological polar surface area (TPSA) is 49.4 Å². The number of rotatable bonds is 6. The highest BCUT2D eigenvalue weighted by atomic mass is 35.5. The number of halogens is 2. The predicted molar refractivity (Wildman–Crippen MR) is 139 cm³/mol. The second-order valence-corrected chi connectivity index (χ2v) is 11.3. The zero-order chi connectivity index (χ0) is 23.9. The number of likely N-dealkylation sites (tertiary alicyclic amines) is 1. The molecular weight excluding hydrogens is 487 g/mol. The van der Waals surface area contributed by atoms with Crippen LogP contribution in [0, 0.1) is 0 Å². The van der Waals surface area contributed by atoms with Crippen LogP contribution in [0.25, 0.3) is 10.8 Å². The van der Waals surface area contributed by atoms with E-state index in [1.165, 1.54) is 0 Å². The van der Waals surface area contributed by atoms with Crippen molar-refractivity contribution in [2.45, 2.75) is 29.9 Å². The number of sulfonamides is 1. The standard InChI is InChI=1S/C27H24Cl2N2O2S/c1-18-26(30-34(32,33)25-15-10-19-4-2-3-5-22(19)16-25)17-31(18)27(20-6-11-23(28)12-7-20)21-8-13-24(29)14-9-21/h2-16,18,26-27,30H,17H2,1H3/t18-,26+/m0/s1. The molecule has 4 nitrogen and oxygen atoms in total. The van der Waals surface area contributed by atoms with E-state index in [4.69, 9.17) is 23.2 Å². The lowest BCUT2D eigenvalue weighted by atomic mass is 9.89. The Balaban J connectivity index is 1.38. The van der Waals surface area contributed by atoms with Crippen molar-refractivity contribution in [3.63, 3.8) is 0 Å². The summed E-state index contributed by atoms with van der Waals surface area (Å²) in [4.78, 5) is 2.57. The largest absolute Gasteiger partial charge is 0.286 e. The van der Waals surface area contributed by atoms with E-state index < -0.39 is 10.0 Å². The van der Waals surface area contributed by atoms with Crippen molar-refractivity contribution in [3.05, 3.63) is 112 Å². The summed E-state index contributed by atoms with van der Waals surface area (Å²) < 4.78 is 29.2. The quantitative estimate of drug-likeness (QED) is 0.331. The molecular formula is C27H24Cl2N2O2S. The fourth-order valence-electron chi connectivity index (χ4n) is 4.58. The molecule has 174 valence electrons. The Hall–Kier alpha value is -2.41. The van der Waals surface area contributed by atoms with E-state index in [2.05, 4.69) is 16.5 Å². The molecule has 0 amide bonds. The molecule has 1 aliphatic heterocycles. The van der Waals surface area contributed by atoms with E-state index >= 15 is 0 Å². The zero-order valence-corrected chi connectivity index (χ0v) is 20.9. The molecule has 1 heterocycles. The van der Waals surface area contributed by atoms with Gasteiger partial charge in [-0.1, -0.05) is 77.8 Å². The summed E-state index contributed by atoms with van der Waals surface area (Å²) in [5.41, 5.74) is 2.18. The monoisotopic (exact) mass is 510 g/mol. The minimum Gasteiger partial charge on any atom is -0.286 e. The number of fused-ring (bicyclic) bond motifs is 1. The lowest BCUT2D eigenvalue weighted by Gasteiger charge is -2.50. The van der Waals surface area contributed by atoms with Crippen molar-refractivity contribution in [1.82, 2.24) is 9.62 Å². The molecule has 0 aromatic heterocycles. The number of benzene rings is 4. The van der Waals surface area contributed by atoms with Crippen LogP contribution < -0.4 is 4.72 Å². The smallest absolute Gasteiger partial charge is 0.240 e. The third-order valence-corrected chi connectivity index (χ3v) is 8.55. The van der Waals surface area contributed by atoms with Crippen molar-refractivity contribution < 1.29 is 8.42 Å². The van der Waals surface area contributed by atoms with Crippen LogP contribution >= 0.6 is 23.2 Å². The van der Waals surface area contributed by atoms with E-state index in [-0.39, 0.29) is 23.0 Å². The first-order valence-electron chi connectivity index (χ1n) is 11.1. The second kappa shape index (κ2) is 9.33. The van der Waals surface area contributed by atoms with Crippen LogP contribution in [0.5, 0.6) is 0 Å². The van der Waals surface area contributed by atoms with Gasteiger partial charge in [0.15, 0.2) is 0 Å². The molecule has 0 spiro atoms. The Morgan fingerprint density at radius 2 is 1.38 bits per heavy atom. The maximum absolute atomic E-state index is 13.2. The molecule has 0 radical (unpaired) electrons. The van der Waals surface area contributed by atoms with Crippen molar-refractivity contribution >= 4 is 44.0 Å². The van der Waals surface area contributed by atoms with Gasteiger partial charge in [-0.15, -0.1) is 0 Å². The second-order valence-electron chi connectivity index (χ2n) is 8.68. The zero-order valence-electron chi connectivity index (χ0n) is 18.5. The maximum atomic E-state index is 13.2. The Bertz CT molecular complexity index is 1380. The summed E-state index contributed by atoms with van der Waals surface area (Å²) in [5, 5.41) is 3.27. The normalized spacial score (nSPS) is 18.8. The van der Waals surface area contributed by atoms with Crippen LogP contribution in [0.1, 0.15) is 24.1 Å². The molecule has 1 aliphatic rings. The van der Waals surface area contributed by atoms with E-state index in [0.717, 1.165) is 21.9 Å². The van der Waals surface area contributed by atoms with Crippen molar-refractivity contribution in [3.8, 4) is 0 Å². The summed E-state index contributed by atoms with van der Waals surface area (Å²) in [7, 11) is -3.65. The van der Waals surface area contributed by atoms with Gasteiger partial charge in [-0.2, -0.15) is 0 Å². The fourth-order valence-corrected chi connectivity index (χ4v) is 6.17. The molecule has 5 rings (SSSR count).